The van der Waals surface area contributed by atoms with Gasteiger partial charge in [0.15, 0.2) is 0 Å². The molecule has 1 aliphatic rings. The van der Waals surface area contributed by atoms with Gasteiger partial charge in [-0.15, -0.1) is 0 Å². The van der Waals surface area contributed by atoms with Gasteiger partial charge in [-0.2, -0.15) is 5.10 Å². The van der Waals surface area contributed by atoms with Crippen LogP contribution in [-0.2, 0) is 16.1 Å². The lowest BCUT2D eigenvalue weighted by molar-refractivity contribution is -0.384. The predicted molar refractivity (Wildman–Crippen MR) is 76.2 cm³/mol. The zero-order valence-corrected chi connectivity index (χ0v) is 12.5. The minimum atomic E-state index is -0.394. The second-order valence-corrected chi connectivity index (χ2v) is 5.19. The molecule has 0 spiro atoms. The topological polar surface area (TPSA) is 90.5 Å². The molecule has 1 aromatic heterocycles. The van der Waals surface area contributed by atoms with Crippen LogP contribution in [0, 0.1) is 23.0 Å². The van der Waals surface area contributed by atoms with Crippen molar-refractivity contribution in [3.8, 4) is 0 Å². The summed E-state index contributed by atoms with van der Waals surface area (Å²) in [5, 5.41) is 15.6. The molecule has 21 heavy (non-hydrogen) atoms. The van der Waals surface area contributed by atoms with Crippen molar-refractivity contribution in [3.63, 3.8) is 0 Å². The maximum atomic E-state index is 11.6. The molecule has 1 unspecified atom stereocenters. The molecular weight excluding hydrogens is 276 g/mol. The highest BCUT2D eigenvalue weighted by molar-refractivity contribution is 5.74. The van der Waals surface area contributed by atoms with Gasteiger partial charge < -0.3 is 9.64 Å². The monoisotopic (exact) mass is 296 g/mol. The molecule has 0 aliphatic carbocycles. The number of aryl methyl sites for hydroxylation is 2. The maximum absolute atomic E-state index is 11.6. The number of anilines is 1. The van der Waals surface area contributed by atoms with Crippen molar-refractivity contribution in [3.05, 3.63) is 15.8 Å². The quantitative estimate of drug-likeness (QED) is 0.465. The summed E-state index contributed by atoms with van der Waals surface area (Å²) in [6, 6.07) is 0. The summed E-state index contributed by atoms with van der Waals surface area (Å²) in [5.74, 6) is 0.00377. The van der Waals surface area contributed by atoms with Gasteiger partial charge in [-0.25, -0.2) is 4.68 Å². The molecule has 116 valence electrons. The summed E-state index contributed by atoms with van der Waals surface area (Å²) in [7, 11) is 1.36. The van der Waals surface area contributed by atoms with Crippen LogP contribution in [0.15, 0.2) is 0 Å². The number of methoxy groups -OCH3 is 1. The molecule has 1 saturated heterocycles. The molecule has 1 aromatic rings. The first-order valence-electron chi connectivity index (χ1n) is 7.04. The normalized spacial score (nSPS) is 18.0. The van der Waals surface area contributed by atoms with E-state index in [0.29, 0.717) is 37.6 Å². The third-order valence-electron chi connectivity index (χ3n) is 3.71. The van der Waals surface area contributed by atoms with Crippen LogP contribution in [0.25, 0.3) is 0 Å². The Kier molecular flexibility index (Phi) is 4.44. The first-order valence-corrected chi connectivity index (χ1v) is 7.04. The van der Waals surface area contributed by atoms with Crippen LogP contribution in [0.2, 0.25) is 0 Å². The molecule has 2 heterocycles. The van der Waals surface area contributed by atoms with Gasteiger partial charge in [0.05, 0.1) is 18.0 Å². The van der Waals surface area contributed by atoms with E-state index in [4.69, 9.17) is 4.74 Å². The Morgan fingerprint density at radius 3 is 2.86 bits per heavy atom. The van der Waals surface area contributed by atoms with E-state index in [1.165, 1.54) is 7.11 Å². The first-order chi connectivity index (χ1) is 9.99. The predicted octanol–water partition coefficient (Wildman–Crippen LogP) is 1.51. The lowest BCUT2D eigenvalue weighted by atomic mass is 10.1. The van der Waals surface area contributed by atoms with Crippen LogP contribution in [0.5, 0.6) is 0 Å². The molecule has 2 rings (SSSR count). The minimum absolute atomic E-state index is 0.0361. The number of aromatic nitrogens is 2. The van der Waals surface area contributed by atoms with Crippen LogP contribution < -0.4 is 4.90 Å². The fourth-order valence-electron chi connectivity index (χ4n) is 2.77. The number of carbonyl (C=O) groups excluding carboxylic acids is 1. The summed E-state index contributed by atoms with van der Waals surface area (Å²) in [4.78, 5) is 24.4. The molecule has 1 atom stereocenters. The second kappa shape index (κ2) is 6.11. The van der Waals surface area contributed by atoms with E-state index in [2.05, 4.69) is 5.10 Å². The van der Waals surface area contributed by atoms with Gasteiger partial charge in [-0.05, 0) is 19.8 Å². The lowest BCUT2D eigenvalue weighted by Crippen LogP contribution is -2.26. The van der Waals surface area contributed by atoms with Crippen LogP contribution in [0.3, 0.4) is 0 Å². The number of rotatable bonds is 5. The number of ether oxygens (including phenoxy) is 1. The Hall–Kier alpha value is -2.12. The van der Waals surface area contributed by atoms with Crippen molar-refractivity contribution in [2.45, 2.75) is 33.2 Å². The molecule has 0 bridgehead atoms. The van der Waals surface area contributed by atoms with E-state index < -0.39 is 4.92 Å². The first kappa shape index (κ1) is 15.3. The maximum Gasteiger partial charge on any atom is 0.333 e. The van der Waals surface area contributed by atoms with Gasteiger partial charge in [0.25, 0.3) is 0 Å². The highest BCUT2D eigenvalue weighted by Gasteiger charge is 2.36. The van der Waals surface area contributed by atoms with Gasteiger partial charge >= 0.3 is 11.7 Å². The lowest BCUT2D eigenvalue weighted by Gasteiger charge is -2.18. The van der Waals surface area contributed by atoms with Gasteiger partial charge in [0.1, 0.15) is 5.69 Å². The Labute approximate surface area is 122 Å². The Morgan fingerprint density at radius 1 is 1.57 bits per heavy atom. The number of nitro groups is 1. The largest absolute Gasteiger partial charge is 0.469 e. The summed E-state index contributed by atoms with van der Waals surface area (Å²) in [5.41, 5.74) is 0.443. The van der Waals surface area contributed by atoms with Crippen molar-refractivity contribution in [2.24, 2.45) is 5.92 Å². The number of carbonyl (C=O) groups is 1. The summed E-state index contributed by atoms with van der Waals surface area (Å²) in [6.07, 6.45) is 1.47. The van der Waals surface area contributed by atoms with Crippen molar-refractivity contribution in [1.29, 1.82) is 0 Å². The number of hydrogen-bond donors (Lipinski definition) is 0. The molecular formula is C13H20N4O4. The van der Waals surface area contributed by atoms with Gasteiger partial charge in [-0.3, -0.25) is 14.9 Å². The fourth-order valence-corrected chi connectivity index (χ4v) is 2.77. The number of esters is 1. The molecule has 0 aromatic carbocycles. The van der Waals surface area contributed by atoms with E-state index in [0.717, 1.165) is 6.42 Å². The highest BCUT2D eigenvalue weighted by Crippen LogP contribution is 2.35. The van der Waals surface area contributed by atoms with Crippen molar-refractivity contribution in [2.75, 3.05) is 25.1 Å². The van der Waals surface area contributed by atoms with Crippen LogP contribution in [-0.4, -0.2) is 40.9 Å². The van der Waals surface area contributed by atoms with Gasteiger partial charge in [0.2, 0.25) is 5.82 Å². The van der Waals surface area contributed by atoms with Crippen molar-refractivity contribution >= 4 is 17.5 Å². The van der Waals surface area contributed by atoms with Crippen LogP contribution in [0.4, 0.5) is 11.5 Å². The third-order valence-corrected chi connectivity index (χ3v) is 3.71. The standard InChI is InChI=1S/C13H20N4O4/c1-4-6-16-12(11(17(19)20)9(2)14-16)15-7-5-10(8-15)13(18)21-3/h10H,4-8H2,1-3H3. The zero-order valence-electron chi connectivity index (χ0n) is 12.5. The smallest absolute Gasteiger partial charge is 0.333 e. The molecule has 1 aliphatic heterocycles. The second-order valence-electron chi connectivity index (χ2n) is 5.19. The zero-order chi connectivity index (χ0) is 15.6. The Morgan fingerprint density at radius 2 is 2.29 bits per heavy atom. The van der Waals surface area contributed by atoms with Gasteiger partial charge in [-0.1, -0.05) is 6.92 Å². The van der Waals surface area contributed by atoms with Crippen LogP contribution in [0.1, 0.15) is 25.5 Å². The minimum Gasteiger partial charge on any atom is -0.469 e. The Bertz CT molecular complexity index is 555. The molecule has 0 saturated carbocycles. The Balaban J connectivity index is 2.34. The molecule has 8 nitrogen and oxygen atoms in total. The highest BCUT2D eigenvalue weighted by atomic mass is 16.6. The summed E-state index contributed by atoms with van der Waals surface area (Å²) in [6.45, 7) is 5.27. The van der Waals surface area contributed by atoms with Crippen molar-refractivity contribution in [1.82, 2.24) is 9.78 Å². The van der Waals surface area contributed by atoms with E-state index in [-0.39, 0.29) is 17.6 Å². The van der Waals surface area contributed by atoms with E-state index in [1.54, 1.807) is 11.6 Å². The molecule has 1 fully saturated rings. The molecule has 0 N–H and O–H groups in total. The molecule has 0 radical (unpaired) electrons. The van der Waals surface area contributed by atoms with Gasteiger partial charge in [0, 0.05) is 19.6 Å². The van der Waals surface area contributed by atoms with Crippen LogP contribution >= 0.6 is 0 Å². The average molecular weight is 296 g/mol. The number of hydrogen-bond acceptors (Lipinski definition) is 6. The van der Waals surface area contributed by atoms with E-state index in [1.807, 2.05) is 11.8 Å². The number of nitrogens with zero attached hydrogens (tertiary/aromatic N) is 4. The fraction of sp³-hybridized carbons (Fsp3) is 0.692. The van der Waals surface area contributed by atoms with Crippen molar-refractivity contribution < 1.29 is 14.5 Å². The molecule has 0 amide bonds. The SMILES string of the molecule is CCCn1nc(C)c([N+](=O)[O-])c1N1CCC(C(=O)OC)C1. The third kappa shape index (κ3) is 2.84. The van der Waals surface area contributed by atoms with E-state index in [9.17, 15) is 14.9 Å². The van der Waals surface area contributed by atoms with E-state index >= 15 is 0 Å². The summed E-state index contributed by atoms with van der Waals surface area (Å²) < 4.78 is 6.43. The molecule has 8 heteroatoms. The average Bonchev–Trinajstić information content (AvgIpc) is 3.02. The summed E-state index contributed by atoms with van der Waals surface area (Å²) >= 11 is 0.